The maximum atomic E-state index is 6.15. The molecule has 0 aliphatic heterocycles. The van der Waals surface area contributed by atoms with Crippen molar-refractivity contribution in [3.63, 3.8) is 0 Å². The zero-order valence-electron chi connectivity index (χ0n) is 15.2. The van der Waals surface area contributed by atoms with Gasteiger partial charge in [0.1, 0.15) is 23.4 Å². The second kappa shape index (κ2) is 6.05. The molecule has 5 heteroatoms. The number of halogens is 1. The van der Waals surface area contributed by atoms with Crippen LogP contribution >= 0.6 is 11.6 Å². The van der Waals surface area contributed by atoms with Gasteiger partial charge in [-0.25, -0.2) is 15.0 Å². The third-order valence-corrected chi connectivity index (χ3v) is 6.05. The van der Waals surface area contributed by atoms with Crippen molar-refractivity contribution >= 4 is 22.8 Å². The van der Waals surface area contributed by atoms with Gasteiger partial charge in [0.25, 0.3) is 0 Å². The number of rotatable bonds is 5. The summed E-state index contributed by atoms with van der Waals surface area (Å²) in [4.78, 5) is 14.3. The van der Waals surface area contributed by atoms with Gasteiger partial charge in [-0.1, -0.05) is 24.6 Å². The summed E-state index contributed by atoms with van der Waals surface area (Å²) in [5.41, 5.74) is 5.06. The lowest BCUT2D eigenvalue weighted by Gasteiger charge is -2.20. The standard InChI is InChI=1S/C21H23ClN4/c1-3-17-25-19-18(16-9-8-15(22)10-12(16)2)23-11-24-21(19)26(17)20(13-4-5-13)14-6-7-14/h8-11,13-14,20H,3-7H2,1-2H3. The monoisotopic (exact) mass is 366 g/mol. The van der Waals surface area contributed by atoms with Crippen LogP contribution in [0.3, 0.4) is 0 Å². The molecule has 0 bridgehead atoms. The molecule has 0 amide bonds. The molecule has 1 aromatic carbocycles. The van der Waals surface area contributed by atoms with Crippen LogP contribution in [0.2, 0.25) is 5.02 Å². The van der Waals surface area contributed by atoms with E-state index < -0.39 is 0 Å². The van der Waals surface area contributed by atoms with Crippen molar-refractivity contribution in [1.82, 2.24) is 19.5 Å². The number of hydrogen-bond acceptors (Lipinski definition) is 3. The average Bonchev–Trinajstić information content (AvgIpc) is 3.54. The van der Waals surface area contributed by atoms with Crippen LogP contribution in [0, 0.1) is 18.8 Å². The Balaban J connectivity index is 1.72. The molecule has 2 saturated carbocycles. The number of fused-ring (bicyclic) bond motifs is 1. The van der Waals surface area contributed by atoms with Crippen LogP contribution in [-0.2, 0) is 6.42 Å². The predicted molar refractivity (Wildman–Crippen MR) is 104 cm³/mol. The van der Waals surface area contributed by atoms with Crippen LogP contribution in [0.1, 0.15) is 50.0 Å². The summed E-state index contributed by atoms with van der Waals surface area (Å²) in [6, 6.07) is 6.53. The molecule has 0 spiro atoms. The first-order chi connectivity index (χ1) is 12.7. The van der Waals surface area contributed by atoms with Crippen molar-refractivity contribution in [1.29, 1.82) is 0 Å². The third kappa shape index (κ3) is 2.62. The van der Waals surface area contributed by atoms with Crippen LogP contribution < -0.4 is 0 Å². The minimum absolute atomic E-state index is 0.573. The number of hydrogen-bond donors (Lipinski definition) is 0. The summed E-state index contributed by atoms with van der Waals surface area (Å²) in [6.45, 7) is 4.26. The van der Waals surface area contributed by atoms with Gasteiger partial charge in [0, 0.05) is 23.0 Å². The normalized spacial score (nSPS) is 17.4. The lowest BCUT2D eigenvalue weighted by molar-refractivity contribution is 0.391. The summed E-state index contributed by atoms with van der Waals surface area (Å²) >= 11 is 6.15. The second-order valence-electron chi connectivity index (χ2n) is 7.77. The van der Waals surface area contributed by atoms with Crippen LogP contribution in [-0.4, -0.2) is 19.5 Å². The van der Waals surface area contributed by atoms with Gasteiger partial charge in [0.15, 0.2) is 5.65 Å². The van der Waals surface area contributed by atoms with Gasteiger partial charge in [0.2, 0.25) is 0 Å². The van der Waals surface area contributed by atoms with Gasteiger partial charge >= 0.3 is 0 Å². The fourth-order valence-electron chi connectivity index (χ4n) is 4.29. The van der Waals surface area contributed by atoms with Gasteiger partial charge < -0.3 is 4.57 Å². The van der Waals surface area contributed by atoms with Gasteiger partial charge in [-0.15, -0.1) is 0 Å². The fourth-order valence-corrected chi connectivity index (χ4v) is 4.52. The van der Waals surface area contributed by atoms with Crippen molar-refractivity contribution in [3.05, 3.63) is 40.9 Å². The molecular formula is C21H23ClN4. The number of aromatic nitrogens is 4. The van der Waals surface area contributed by atoms with E-state index in [-0.39, 0.29) is 0 Å². The molecule has 2 heterocycles. The summed E-state index contributed by atoms with van der Waals surface area (Å²) < 4.78 is 2.46. The van der Waals surface area contributed by atoms with Crippen molar-refractivity contribution in [3.8, 4) is 11.3 Å². The van der Waals surface area contributed by atoms with E-state index in [9.17, 15) is 0 Å². The Morgan fingerprint density at radius 1 is 1.15 bits per heavy atom. The number of imidazole rings is 1. The third-order valence-electron chi connectivity index (χ3n) is 5.82. The van der Waals surface area contributed by atoms with E-state index in [1.807, 2.05) is 18.2 Å². The number of nitrogens with zero attached hydrogens (tertiary/aromatic N) is 4. The topological polar surface area (TPSA) is 43.6 Å². The van der Waals surface area contributed by atoms with Crippen LogP contribution in [0.15, 0.2) is 24.5 Å². The molecular weight excluding hydrogens is 344 g/mol. The first-order valence-electron chi connectivity index (χ1n) is 9.65. The highest BCUT2D eigenvalue weighted by molar-refractivity contribution is 6.30. The molecule has 0 N–H and O–H groups in total. The van der Waals surface area contributed by atoms with Crippen LogP contribution in [0.25, 0.3) is 22.4 Å². The maximum absolute atomic E-state index is 6.15. The van der Waals surface area contributed by atoms with E-state index in [0.717, 1.165) is 57.1 Å². The molecule has 4 nitrogen and oxygen atoms in total. The van der Waals surface area contributed by atoms with Crippen molar-refractivity contribution in [2.75, 3.05) is 0 Å². The van der Waals surface area contributed by atoms with Gasteiger partial charge in [-0.3, -0.25) is 0 Å². The van der Waals surface area contributed by atoms with Gasteiger partial charge in [0.05, 0.1) is 0 Å². The molecule has 134 valence electrons. The zero-order chi connectivity index (χ0) is 17.8. The van der Waals surface area contributed by atoms with E-state index in [2.05, 4.69) is 28.4 Å². The Labute approximate surface area is 158 Å². The van der Waals surface area contributed by atoms with E-state index >= 15 is 0 Å². The minimum atomic E-state index is 0.573. The lowest BCUT2D eigenvalue weighted by atomic mass is 10.0. The van der Waals surface area contributed by atoms with E-state index in [4.69, 9.17) is 16.6 Å². The Morgan fingerprint density at radius 2 is 1.88 bits per heavy atom. The van der Waals surface area contributed by atoms with E-state index in [0.29, 0.717) is 6.04 Å². The molecule has 3 aromatic rings. The SMILES string of the molecule is CCc1nc2c(-c3ccc(Cl)cc3C)ncnc2n1C(C1CC1)C1CC1. The largest absolute Gasteiger partial charge is 0.309 e. The van der Waals surface area contributed by atoms with Crippen LogP contribution in [0.4, 0.5) is 0 Å². The van der Waals surface area contributed by atoms with Crippen molar-refractivity contribution in [2.45, 2.75) is 52.0 Å². The van der Waals surface area contributed by atoms with Gasteiger partial charge in [-0.05, 0) is 62.1 Å². The van der Waals surface area contributed by atoms with Crippen molar-refractivity contribution < 1.29 is 0 Å². The molecule has 0 atom stereocenters. The zero-order valence-corrected chi connectivity index (χ0v) is 16.0. The molecule has 0 unspecified atom stereocenters. The Hall–Kier alpha value is -1.94. The second-order valence-corrected chi connectivity index (χ2v) is 8.21. The average molecular weight is 367 g/mol. The Kier molecular flexibility index (Phi) is 3.78. The fraction of sp³-hybridized carbons (Fsp3) is 0.476. The maximum Gasteiger partial charge on any atom is 0.164 e. The smallest absolute Gasteiger partial charge is 0.164 e. The molecule has 0 radical (unpaired) electrons. The molecule has 0 saturated heterocycles. The highest BCUT2D eigenvalue weighted by Gasteiger charge is 2.44. The first kappa shape index (κ1) is 16.2. The molecule has 26 heavy (non-hydrogen) atoms. The molecule has 2 aromatic heterocycles. The molecule has 2 aliphatic carbocycles. The van der Waals surface area contributed by atoms with Crippen LogP contribution in [0.5, 0.6) is 0 Å². The van der Waals surface area contributed by atoms with Gasteiger partial charge in [-0.2, -0.15) is 0 Å². The highest BCUT2D eigenvalue weighted by Crippen LogP contribution is 2.53. The molecule has 2 fully saturated rings. The van der Waals surface area contributed by atoms with Crippen molar-refractivity contribution in [2.24, 2.45) is 11.8 Å². The molecule has 5 rings (SSSR count). The minimum Gasteiger partial charge on any atom is -0.309 e. The van der Waals surface area contributed by atoms with E-state index in [1.165, 1.54) is 25.7 Å². The summed E-state index contributed by atoms with van der Waals surface area (Å²) in [6.07, 6.45) is 8.00. The Morgan fingerprint density at radius 3 is 2.50 bits per heavy atom. The summed E-state index contributed by atoms with van der Waals surface area (Å²) in [7, 11) is 0. The Bertz CT molecular complexity index is 973. The number of benzene rings is 1. The summed E-state index contributed by atoms with van der Waals surface area (Å²) in [5, 5.41) is 0.749. The highest BCUT2D eigenvalue weighted by atomic mass is 35.5. The first-order valence-corrected chi connectivity index (χ1v) is 10.0. The summed E-state index contributed by atoms with van der Waals surface area (Å²) in [5.74, 6) is 2.76. The predicted octanol–water partition coefficient (Wildman–Crippen LogP) is 5.38. The lowest BCUT2D eigenvalue weighted by Crippen LogP contribution is -2.16. The number of aryl methyl sites for hydroxylation is 2. The quantitative estimate of drug-likeness (QED) is 0.609. The molecule has 2 aliphatic rings. The van der Waals surface area contributed by atoms with E-state index in [1.54, 1.807) is 6.33 Å².